The first kappa shape index (κ1) is 15.0. The molecular weight excluding hydrogens is 250 g/mol. The van der Waals surface area contributed by atoms with Crippen LogP contribution >= 0.6 is 0 Å². The van der Waals surface area contributed by atoms with Gasteiger partial charge in [0.05, 0.1) is 11.1 Å². The highest BCUT2D eigenvalue weighted by Crippen LogP contribution is 2.33. The average Bonchev–Trinajstić information content (AvgIpc) is 2.95. The van der Waals surface area contributed by atoms with Crippen molar-refractivity contribution in [1.82, 2.24) is 9.88 Å². The lowest BCUT2D eigenvalue weighted by molar-refractivity contribution is 0.0581. The molecule has 1 aromatic rings. The van der Waals surface area contributed by atoms with Crippen molar-refractivity contribution in [3.63, 3.8) is 0 Å². The minimum Gasteiger partial charge on any atom is -0.383 e. The van der Waals surface area contributed by atoms with Crippen LogP contribution in [0.15, 0.2) is 12.3 Å². The van der Waals surface area contributed by atoms with Crippen molar-refractivity contribution in [2.24, 2.45) is 0 Å². The SMILES string of the molecule is CCC(CC)(C(=O)c1c(C)ccnc1N)N1CCCC1. The average molecular weight is 275 g/mol. The molecule has 0 bridgehead atoms. The molecule has 0 amide bonds. The third kappa shape index (κ3) is 2.33. The van der Waals surface area contributed by atoms with E-state index in [9.17, 15) is 4.79 Å². The van der Waals surface area contributed by atoms with Gasteiger partial charge >= 0.3 is 0 Å². The molecular formula is C16H25N3O. The van der Waals surface area contributed by atoms with Crippen LogP contribution in [0.2, 0.25) is 0 Å². The van der Waals surface area contributed by atoms with E-state index in [0.29, 0.717) is 11.4 Å². The molecule has 4 nitrogen and oxygen atoms in total. The lowest BCUT2D eigenvalue weighted by Gasteiger charge is -2.39. The maximum absolute atomic E-state index is 13.2. The lowest BCUT2D eigenvalue weighted by Crippen LogP contribution is -2.53. The Morgan fingerprint density at radius 2 is 1.95 bits per heavy atom. The number of aryl methyl sites for hydroxylation is 1. The van der Waals surface area contributed by atoms with Gasteiger partial charge in [-0.1, -0.05) is 13.8 Å². The summed E-state index contributed by atoms with van der Waals surface area (Å²) in [5.74, 6) is 0.507. The molecule has 1 saturated heterocycles. The second-order valence-electron chi connectivity index (χ2n) is 5.65. The van der Waals surface area contributed by atoms with Crippen LogP contribution in [0.4, 0.5) is 5.82 Å². The summed E-state index contributed by atoms with van der Waals surface area (Å²) in [6, 6.07) is 1.86. The van der Waals surface area contributed by atoms with E-state index in [2.05, 4.69) is 23.7 Å². The number of pyridine rings is 1. The highest BCUT2D eigenvalue weighted by Gasteiger charge is 2.43. The van der Waals surface area contributed by atoms with Crippen molar-refractivity contribution in [2.45, 2.75) is 52.0 Å². The van der Waals surface area contributed by atoms with Gasteiger partial charge in [-0.3, -0.25) is 9.69 Å². The number of Topliss-reactive ketones (excluding diaryl/α,β-unsaturated/α-hetero) is 1. The summed E-state index contributed by atoms with van der Waals surface area (Å²) >= 11 is 0. The van der Waals surface area contributed by atoms with Crippen LogP contribution in [0.1, 0.15) is 55.5 Å². The van der Waals surface area contributed by atoms with Crippen LogP contribution in [-0.4, -0.2) is 34.3 Å². The van der Waals surface area contributed by atoms with Gasteiger partial charge in [0.1, 0.15) is 5.82 Å². The number of anilines is 1. The summed E-state index contributed by atoms with van der Waals surface area (Å²) in [6.45, 7) is 8.15. The van der Waals surface area contributed by atoms with E-state index in [-0.39, 0.29) is 5.78 Å². The summed E-state index contributed by atoms with van der Waals surface area (Å²) in [6.07, 6.45) is 5.65. The van der Waals surface area contributed by atoms with E-state index >= 15 is 0 Å². The van der Waals surface area contributed by atoms with Crippen molar-refractivity contribution in [2.75, 3.05) is 18.8 Å². The van der Waals surface area contributed by atoms with Gasteiger partial charge in [-0.2, -0.15) is 0 Å². The summed E-state index contributed by atoms with van der Waals surface area (Å²) in [5, 5.41) is 0. The Labute approximate surface area is 121 Å². The minimum absolute atomic E-state index is 0.146. The Balaban J connectivity index is 2.46. The fourth-order valence-corrected chi connectivity index (χ4v) is 3.41. The highest BCUT2D eigenvalue weighted by molar-refractivity contribution is 6.07. The molecule has 20 heavy (non-hydrogen) atoms. The lowest BCUT2D eigenvalue weighted by atomic mass is 9.81. The molecule has 0 atom stereocenters. The van der Waals surface area contributed by atoms with E-state index in [1.807, 2.05) is 13.0 Å². The minimum atomic E-state index is -0.418. The van der Waals surface area contributed by atoms with Gasteiger partial charge in [0.25, 0.3) is 0 Å². The molecule has 0 unspecified atom stereocenters. The molecule has 4 heteroatoms. The number of hydrogen-bond acceptors (Lipinski definition) is 4. The number of nitrogens with two attached hydrogens (primary N) is 1. The van der Waals surface area contributed by atoms with Gasteiger partial charge in [0.2, 0.25) is 0 Å². The monoisotopic (exact) mass is 275 g/mol. The molecule has 0 saturated carbocycles. The Kier molecular flexibility index (Phi) is 4.43. The Hall–Kier alpha value is -1.42. The summed E-state index contributed by atoms with van der Waals surface area (Å²) in [4.78, 5) is 19.7. The number of likely N-dealkylation sites (tertiary alicyclic amines) is 1. The molecule has 1 aliphatic rings. The first-order chi connectivity index (χ1) is 9.56. The van der Waals surface area contributed by atoms with Crippen molar-refractivity contribution in [3.05, 3.63) is 23.4 Å². The Morgan fingerprint density at radius 1 is 1.35 bits per heavy atom. The molecule has 110 valence electrons. The first-order valence-electron chi connectivity index (χ1n) is 7.57. The molecule has 0 aliphatic carbocycles. The largest absolute Gasteiger partial charge is 0.383 e. The number of hydrogen-bond donors (Lipinski definition) is 1. The summed E-state index contributed by atoms with van der Waals surface area (Å²) in [5.41, 5.74) is 7.10. The van der Waals surface area contributed by atoms with Crippen molar-refractivity contribution >= 4 is 11.6 Å². The predicted octanol–water partition coefficient (Wildman–Crippen LogP) is 2.81. The van der Waals surface area contributed by atoms with E-state index in [0.717, 1.165) is 31.5 Å². The normalized spacial score (nSPS) is 16.6. The first-order valence-corrected chi connectivity index (χ1v) is 7.57. The van der Waals surface area contributed by atoms with Gasteiger partial charge in [0, 0.05) is 6.20 Å². The number of carbonyl (C=O) groups is 1. The molecule has 0 spiro atoms. The van der Waals surface area contributed by atoms with Crippen molar-refractivity contribution < 1.29 is 4.79 Å². The van der Waals surface area contributed by atoms with Crippen LogP contribution in [0.3, 0.4) is 0 Å². The quantitative estimate of drug-likeness (QED) is 0.839. The number of ketones is 1. The second kappa shape index (κ2) is 5.92. The van der Waals surface area contributed by atoms with E-state index in [1.165, 1.54) is 12.8 Å². The fraction of sp³-hybridized carbons (Fsp3) is 0.625. The van der Waals surface area contributed by atoms with Gasteiger partial charge in [-0.05, 0) is 57.3 Å². The number of rotatable bonds is 5. The van der Waals surface area contributed by atoms with Crippen LogP contribution in [0.25, 0.3) is 0 Å². The zero-order valence-electron chi connectivity index (χ0n) is 12.8. The predicted molar refractivity (Wildman–Crippen MR) is 81.8 cm³/mol. The maximum atomic E-state index is 13.2. The number of nitrogen functional groups attached to an aromatic ring is 1. The molecule has 2 N–H and O–H groups in total. The smallest absolute Gasteiger partial charge is 0.187 e. The fourth-order valence-electron chi connectivity index (χ4n) is 3.41. The zero-order chi connectivity index (χ0) is 14.8. The molecule has 1 fully saturated rings. The molecule has 1 aromatic heterocycles. The van der Waals surface area contributed by atoms with Gasteiger partial charge < -0.3 is 5.73 Å². The highest BCUT2D eigenvalue weighted by atomic mass is 16.1. The molecule has 1 aliphatic heterocycles. The van der Waals surface area contributed by atoms with Gasteiger partial charge in [-0.15, -0.1) is 0 Å². The third-order valence-electron chi connectivity index (χ3n) is 4.72. The van der Waals surface area contributed by atoms with Gasteiger partial charge in [0.15, 0.2) is 5.78 Å². The third-order valence-corrected chi connectivity index (χ3v) is 4.72. The topological polar surface area (TPSA) is 59.2 Å². The maximum Gasteiger partial charge on any atom is 0.187 e. The van der Waals surface area contributed by atoms with Crippen LogP contribution in [0, 0.1) is 6.92 Å². The van der Waals surface area contributed by atoms with Crippen LogP contribution in [-0.2, 0) is 0 Å². The molecule has 0 radical (unpaired) electrons. The van der Waals surface area contributed by atoms with E-state index in [1.54, 1.807) is 6.20 Å². The molecule has 2 heterocycles. The van der Waals surface area contributed by atoms with Crippen LogP contribution < -0.4 is 5.73 Å². The number of aromatic nitrogens is 1. The van der Waals surface area contributed by atoms with Crippen molar-refractivity contribution in [1.29, 1.82) is 0 Å². The standard InChI is InChI=1S/C16H25N3O/c1-4-16(5-2,19-10-6-7-11-19)14(20)13-12(3)8-9-18-15(13)17/h8-9H,4-7,10-11H2,1-3H3,(H2,17,18). The van der Waals surface area contributed by atoms with Crippen LogP contribution in [0.5, 0.6) is 0 Å². The van der Waals surface area contributed by atoms with E-state index < -0.39 is 5.54 Å². The Bertz CT molecular complexity index is 468. The van der Waals surface area contributed by atoms with Crippen molar-refractivity contribution in [3.8, 4) is 0 Å². The molecule has 0 aromatic carbocycles. The number of carbonyl (C=O) groups excluding carboxylic acids is 1. The zero-order valence-corrected chi connectivity index (χ0v) is 12.8. The molecule has 2 rings (SSSR count). The number of nitrogens with zero attached hydrogens (tertiary/aromatic N) is 2. The summed E-state index contributed by atoms with van der Waals surface area (Å²) in [7, 11) is 0. The Morgan fingerprint density at radius 3 is 2.45 bits per heavy atom. The second-order valence-corrected chi connectivity index (χ2v) is 5.65. The van der Waals surface area contributed by atoms with E-state index in [4.69, 9.17) is 5.73 Å². The van der Waals surface area contributed by atoms with Gasteiger partial charge in [-0.25, -0.2) is 4.98 Å². The summed E-state index contributed by atoms with van der Waals surface area (Å²) < 4.78 is 0.